The number of carbonyl (C=O) groups is 1. The zero-order chi connectivity index (χ0) is 12.1. The van der Waals surface area contributed by atoms with Gasteiger partial charge in [0.05, 0.1) is 25.7 Å². The van der Waals surface area contributed by atoms with Gasteiger partial charge in [-0.05, 0) is 13.8 Å². The lowest BCUT2D eigenvalue weighted by molar-refractivity contribution is -0.141. The first-order chi connectivity index (χ1) is 7.56. The Labute approximate surface area is 96.3 Å². The second kappa shape index (κ2) is 6.18. The minimum Gasteiger partial charge on any atom is -0.481 e. The van der Waals surface area contributed by atoms with Crippen LogP contribution < -0.4 is 0 Å². The highest BCUT2D eigenvalue weighted by molar-refractivity contribution is 5.67. The van der Waals surface area contributed by atoms with Crippen LogP contribution in [0.2, 0.25) is 0 Å². The molecule has 1 aliphatic heterocycles. The minimum atomic E-state index is -0.780. The second-order valence-corrected chi connectivity index (χ2v) is 4.25. The lowest BCUT2D eigenvalue weighted by atomic mass is 10.1. The van der Waals surface area contributed by atoms with Gasteiger partial charge >= 0.3 is 5.97 Å². The molecular weight excluding hydrogens is 210 g/mol. The lowest BCUT2D eigenvalue weighted by Crippen LogP contribution is -2.53. The van der Waals surface area contributed by atoms with Crippen LogP contribution in [0.15, 0.2) is 0 Å². The summed E-state index contributed by atoms with van der Waals surface area (Å²) in [7, 11) is 1.67. The number of methoxy groups -OCH3 is 1. The third-order valence-electron chi connectivity index (χ3n) is 3.26. The van der Waals surface area contributed by atoms with Crippen LogP contribution in [-0.2, 0) is 14.3 Å². The van der Waals surface area contributed by atoms with Crippen molar-refractivity contribution in [2.45, 2.75) is 38.5 Å². The molecule has 0 bridgehead atoms. The normalized spacial score (nSPS) is 26.3. The summed E-state index contributed by atoms with van der Waals surface area (Å²) in [5.74, 6) is -0.780. The average Bonchev–Trinajstić information content (AvgIpc) is 2.27. The second-order valence-electron chi connectivity index (χ2n) is 4.25. The van der Waals surface area contributed by atoms with Crippen LogP contribution in [0.5, 0.6) is 0 Å². The van der Waals surface area contributed by atoms with Gasteiger partial charge in [-0.3, -0.25) is 9.69 Å². The van der Waals surface area contributed by atoms with Gasteiger partial charge in [0.25, 0.3) is 0 Å². The molecule has 1 heterocycles. The fraction of sp³-hybridized carbons (Fsp3) is 0.909. The summed E-state index contributed by atoms with van der Waals surface area (Å²) < 4.78 is 10.6. The lowest BCUT2D eigenvalue weighted by Gasteiger charge is -2.40. The minimum absolute atomic E-state index is 0.0427. The summed E-state index contributed by atoms with van der Waals surface area (Å²) in [4.78, 5) is 12.9. The third-order valence-corrected chi connectivity index (χ3v) is 3.26. The molecule has 1 N–H and O–H groups in total. The van der Waals surface area contributed by atoms with Crippen molar-refractivity contribution in [3.05, 3.63) is 0 Å². The Balaban J connectivity index is 2.61. The summed E-state index contributed by atoms with van der Waals surface area (Å²) in [5, 5.41) is 8.85. The Morgan fingerprint density at radius 2 is 2.31 bits per heavy atom. The maximum Gasteiger partial charge on any atom is 0.305 e. The van der Waals surface area contributed by atoms with Crippen molar-refractivity contribution >= 4 is 5.97 Å². The van der Waals surface area contributed by atoms with Crippen molar-refractivity contribution in [3.8, 4) is 0 Å². The van der Waals surface area contributed by atoms with Crippen LogP contribution in [0.1, 0.15) is 20.3 Å². The highest BCUT2D eigenvalue weighted by Gasteiger charge is 2.31. The maximum atomic E-state index is 10.8. The summed E-state index contributed by atoms with van der Waals surface area (Å²) in [6.07, 6.45) is 0.218. The monoisotopic (exact) mass is 231 g/mol. The average molecular weight is 231 g/mol. The van der Waals surface area contributed by atoms with Gasteiger partial charge in [-0.2, -0.15) is 0 Å². The summed E-state index contributed by atoms with van der Waals surface area (Å²) in [6.45, 7) is 5.99. The molecule has 16 heavy (non-hydrogen) atoms. The first-order valence-corrected chi connectivity index (χ1v) is 5.64. The molecule has 1 fully saturated rings. The van der Waals surface area contributed by atoms with Gasteiger partial charge in [0.2, 0.25) is 0 Å². The van der Waals surface area contributed by atoms with E-state index in [4.69, 9.17) is 14.6 Å². The molecule has 0 aliphatic carbocycles. The van der Waals surface area contributed by atoms with Crippen molar-refractivity contribution < 1.29 is 19.4 Å². The summed E-state index contributed by atoms with van der Waals surface area (Å²) >= 11 is 0. The van der Waals surface area contributed by atoms with Crippen molar-refractivity contribution in [1.29, 1.82) is 0 Å². The standard InChI is InChI=1S/C11H21NO4/c1-8(9(2)15-3)12-4-5-16-7-10(12)6-11(13)14/h8-10H,4-7H2,1-3H3,(H,13,14). The van der Waals surface area contributed by atoms with E-state index in [2.05, 4.69) is 11.8 Å². The van der Waals surface area contributed by atoms with Gasteiger partial charge < -0.3 is 14.6 Å². The highest BCUT2D eigenvalue weighted by Crippen LogP contribution is 2.17. The number of rotatable bonds is 5. The van der Waals surface area contributed by atoms with Crippen LogP contribution in [0.4, 0.5) is 0 Å². The van der Waals surface area contributed by atoms with Crippen molar-refractivity contribution in [2.75, 3.05) is 26.9 Å². The first kappa shape index (κ1) is 13.4. The van der Waals surface area contributed by atoms with Gasteiger partial charge in [-0.15, -0.1) is 0 Å². The molecule has 5 heteroatoms. The molecular formula is C11H21NO4. The van der Waals surface area contributed by atoms with Crippen LogP contribution in [0, 0.1) is 0 Å². The molecule has 1 rings (SSSR count). The predicted octanol–water partition coefficient (Wildman–Crippen LogP) is 0.585. The third kappa shape index (κ3) is 3.43. The SMILES string of the molecule is COC(C)C(C)N1CCOCC1CC(=O)O. The molecule has 3 atom stereocenters. The fourth-order valence-corrected chi connectivity index (χ4v) is 2.05. The van der Waals surface area contributed by atoms with Crippen molar-refractivity contribution in [1.82, 2.24) is 4.90 Å². The van der Waals surface area contributed by atoms with Gasteiger partial charge in [-0.1, -0.05) is 0 Å². The molecule has 0 saturated carbocycles. The molecule has 0 spiro atoms. The molecule has 3 unspecified atom stereocenters. The molecule has 0 aromatic rings. The van der Waals surface area contributed by atoms with E-state index in [-0.39, 0.29) is 24.6 Å². The number of hydrogen-bond acceptors (Lipinski definition) is 4. The zero-order valence-corrected chi connectivity index (χ0v) is 10.2. The molecule has 0 aromatic heterocycles. The van der Waals surface area contributed by atoms with Gasteiger partial charge in [0, 0.05) is 25.7 Å². The van der Waals surface area contributed by atoms with E-state index in [9.17, 15) is 4.79 Å². The zero-order valence-electron chi connectivity index (χ0n) is 10.2. The van der Waals surface area contributed by atoms with Gasteiger partial charge in [0.15, 0.2) is 0 Å². The molecule has 0 aromatic carbocycles. The number of morpholine rings is 1. The van der Waals surface area contributed by atoms with E-state index in [0.29, 0.717) is 13.2 Å². The largest absolute Gasteiger partial charge is 0.481 e. The number of aliphatic carboxylic acids is 1. The summed E-state index contributed by atoms with van der Waals surface area (Å²) in [6, 6.07) is 0.164. The first-order valence-electron chi connectivity index (χ1n) is 5.64. The Hall–Kier alpha value is -0.650. The Morgan fingerprint density at radius 1 is 1.62 bits per heavy atom. The topological polar surface area (TPSA) is 59.0 Å². The molecule has 1 saturated heterocycles. The quantitative estimate of drug-likeness (QED) is 0.750. The van der Waals surface area contributed by atoms with E-state index >= 15 is 0 Å². The van der Waals surface area contributed by atoms with E-state index in [0.717, 1.165) is 6.54 Å². The fourth-order valence-electron chi connectivity index (χ4n) is 2.05. The van der Waals surface area contributed by atoms with E-state index in [1.54, 1.807) is 7.11 Å². The van der Waals surface area contributed by atoms with Crippen LogP contribution in [0.3, 0.4) is 0 Å². The molecule has 5 nitrogen and oxygen atoms in total. The van der Waals surface area contributed by atoms with Crippen LogP contribution >= 0.6 is 0 Å². The maximum absolute atomic E-state index is 10.8. The van der Waals surface area contributed by atoms with Crippen LogP contribution in [0.25, 0.3) is 0 Å². The van der Waals surface area contributed by atoms with Crippen molar-refractivity contribution in [3.63, 3.8) is 0 Å². The number of carboxylic acid groups (broad SMARTS) is 1. The van der Waals surface area contributed by atoms with Crippen molar-refractivity contribution in [2.24, 2.45) is 0 Å². The van der Waals surface area contributed by atoms with Gasteiger partial charge in [0.1, 0.15) is 0 Å². The number of nitrogens with zero attached hydrogens (tertiary/aromatic N) is 1. The molecule has 0 amide bonds. The molecule has 94 valence electrons. The number of hydrogen-bond donors (Lipinski definition) is 1. The number of ether oxygens (including phenoxy) is 2. The summed E-state index contributed by atoms with van der Waals surface area (Å²) in [5.41, 5.74) is 0. The van der Waals surface area contributed by atoms with E-state index < -0.39 is 5.97 Å². The van der Waals surface area contributed by atoms with Gasteiger partial charge in [-0.25, -0.2) is 0 Å². The molecule has 1 aliphatic rings. The Bertz CT molecular complexity index is 234. The Kier molecular flexibility index (Phi) is 5.18. The molecule has 0 radical (unpaired) electrons. The highest BCUT2D eigenvalue weighted by atomic mass is 16.5. The van der Waals surface area contributed by atoms with E-state index in [1.807, 2.05) is 6.92 Å². The Morgan fingerprint density at radius 3 is 2.88 bits per heavy atom. The predicted molar refractivity (Wildman–Crippen MR) is 59.5 cm³/mol. The van der Waals surface area contributed by atoms with E-state index in [1.165, 1.54) is 0 Å². The number of carboxylic acids is 1. The van der Waals surface area contributed by atoms with Crippen LogP contribution in [-0.4, -0.2) is 61.0 Å². The smallest absolute Gasteiger partial charge is 0.305 e.